The van der Waals surface area contributed by atoms with E-state index in [1.807, 2.05) is 30.3 Å². The second-order valence-electron chi connectivity index (χ2n) is 20.7. The summed E-state index contributed by atoms with van der Waals surface area (Å²) in [6.45, 7) is 0. The molecule has 16 aromatic rings. The van der Waals surface area contributed by atoms with Crippen LogP contribution in [0.2, 0.25) is 0 Å². The van der Waals surface area contributed by atoms with E-state index in [1.54, 1.807) is 41.7 Å². The Labute approximate surface area is 468 Å². The van der Waals surface area contributed by atoms with Gasteiger partial charge in [-0.3, -0.25) is 14.4 Å². The molecule has 1 aliphatic rings. The predicted molar refractivity (Wildman–Crippen MR) is 332 cm³/mol. The van der Waals surface area contributed by atoms with Crippen molar-refractivity contribution < 1.29 is 9.59 Å². The van der Waals surface area contributed by atoms with E-state index in [-0.39, 0.29) is 17.0 Å². The van der Waals surface area contributed by atoms with Crippen LogP contribution in [0.1, 0.15) is 31.8 Å². The molecule has 0 bridgehead atoms. The van der Waals surface area contributed by atoms with E-state index >= 15 is 4.79 Å². The summed E-state index contributed by atoms with van der Waals surface area (Å²) in [6, 6.07) is 80.4. The quantitative estimate of drug-likeness (QED) is 0.155. The van der Waals surface area contributed by atoms with Crippen molar-refractivity contribution >= 4 is 120 Å². The number of benzene rings is 11. The lowest BCUT2D eigenvalue weighted by Gasteiger charge is -2.16. The van der Waals surface area contributed by atoms with Crippen LogP contribution in [-0.2, 0) is 0 Å². The van der Waals surface area contributed by atoms with Gasteiger partial charge in [0.25, 0.3) is 0 Å². The molecule has 378 valence electrons. The van der Waals surface area contributed by atoms with Gasteiger partial charge in [0.2, 0.25) is 0 Å². The molecule has 1 aliphatic carbocycles. The summed E-state index contributed by atoms with van der Waals surface area (Å²) in [5, 5.41) is 7.54. The molecule has 81 heavy (non-hydrogen) atoms. The van der Waals surface area contributed by atoms with E-state index < -0.39 is 0 Å². The highest BCUT2D eigenvalue weighted by Gasteiger charge is 2.31. The van der Waals surface area contributed by atoms with E-state index in [2.05, 4.69) is 190 Å². The van der Waals surface area contributed by atoms with Crippen LogP contribution in [0.5, 0.6) is 0 Å². The van der Waals surface area contributed by atoms with Gasteiger partial charge in [-0.25, -0.2) is 9.97 Å². The summed E-state index contributed by atoms with van der Waals surface area (Å²) in [6.07, 6.45) is 0. The lowest BCUT2D eigenvalue weighted by Crippen LogP contribution is -2.20. The lowest BCUT2D eigenvalue weighted by molar-refractivity contribution is 0.0979. The number of hydrogen-bond donors (Lipinski definition) is 0. The molecule has 5 aromatic heterocycles. The fourth-order valence-electron chi connectivity index (χ4n) is 12.6. The van der Waals surface area contributed by atoms with Crippen molar-refractivity contribution in [2.75, 3.05) is 0 Å². The van der Waals surface area contributed by atoms with Crippen LogP contribution in [0, 0.1) is 0 Å². The van der Waals surface area contributed by atoms with Crippen molar-refractivity contribution in [1.29, 1.82) is 0 Å². The van der Waals surface area contributed by atoms with Crippen LogP contribution in [0.15, 0.2) is 241 Å². The smallest absolute Gasteiger partial charge is 0.197 e. The highest BCUT2D eigenvalue weighted by molar-refractivity contribution is 7.22. The Hall–Kier alpha value is -10.4. The monoisotopic (exact) mass is 1070 g/mol. The second kappa shape index (κ2) is 17.3. The Morgan fingerprint density at radius 2 is 0.741 bits per heavy atom. The molecule has 0 unspecified atom stereocenters. The minimum absolute atomic E-state index is 0.0454. The van der Waals surface area contributed by atoms with Gasteiger partial charge in [-0.15, -0.1) is 22.7 Å². The molecule has 0 radical (unpaired) electrons. The summed E-state index contributed by atoms with van der Waals surface area (Å²) in [5.41, 5.74) is 16.1. The van der Waals surface area contributed by atoms with Crippen molar-refractivity contribution in [1.82, 2.24) is 23.7 Å². The first-order valence-electron chi connectivity index (χ1n) is 26.7. The van der Waals surface area contributed by atoms with Gasteiger partial charge in [-0.2, -0.15) is 0 Å². The van der Waals surface area contributed by atoms with Gasteiger partial charge < -0.3 is 13.7 Å². The Morgan fingerprint density at radius 3 is 1.38 bits per heavy atom. The molecule has 0 saturated carbocycles. The third-order valence-electron chi connectivity index (χ3n) is 16.3. The molecule has 10 heteroatoms. The minimum atomic E-state index is -0.154. The SMILES string of the molecule is O=C1c2ccccc2C(=O)c2cc3sc(-c4ccc(-n5c6ccccc6c6c(-c7ccc8c(c7)c(=O)c7cc9nc(-c%10ccc(-n%11c%12ccccc%12c%12ccccc%12%11)cc%10)sc9cc7n8-c7ccccc7)cccc65)cc4)nc3cc21. The van der Waals surface area contributed by atoms with Gasteiger partial charge in [-0.05, 0) is 132 Å². The topological polar surface area (TPSA) is 91.8 Å². The van der Waals surface area contributed by atoms with Gasteiger partial charge in [0.15, 0.2) is 17.0 Å². The highest BCUT2D eigenvalue weighted by atomic mass is 32.1. The zero-order valence-corrected chi connectivity index (χ0v) is 44.4. The number of hydrogen-bond acceptors (Lipinski definition) is 7. The first-order chi connectivity index (χ1) is 39.9. The van der Waals surface area contributed by atoms with E-state index in [4.69, 9.17) is 9.97 Å². The number of ketones is 2. The molecule has 8 nitrogen and oxygen atoms in total. The zero-order chi connectivity index (χ0) is 53.6. The van der Waals surface area contributed by atoms with E-state index in [0.29, 0.717) is 38.5 Å². The zero-order valence-electron chi connectivity index (χ0n) is 42.8. The number of para-hydroxylation sites is 4. The number of pyridine rings is 1. The Kier molecular flexibility index (Phi) is 9.74. The summed E-state index contributed by atoms with van der Waals surface area (Å²) in [5.74, 6) is -0.294. The molecule has 0 spiro atoms. The fourth-order valence-corrected chi connectivity index (χ4v) is 14.5. The third-order valence-corrected chi connectivity index (χ3v) is 18.4. The second-order valence-corrected chi connectivity index (χ2v) is 22.8. The molecule has 0 atom stereocenters. The van der Waals surface area contributed by atoms with Crippen LogP contribution >= 0.6 is 22.7 Å². The number of carbonyl (C=O) groups excluding carboxylic acids is 2. The van der Waals surface area contributed by atoms with Crippen LogP contribution < -0.4 is 5.43 Å². The Bertz CT molecular complexity index is 5350. The fraction of sp³-hybridized carbons (Fsp3) is 0. The molecule has 17 rings (SSSR count). The van der Waals surface area contributed by atoms with Crippen molar-refractivity contribution in [3.63, 3.8) is 0 Å². The first kappa shape index (κ1) is 45.6. The molecule has 0 amide bonds. The molecule has 5 heterocycles. The first-order valence-corrected chi connectivity index (χ1v) is 28.4. The van der Waals surface area contributed by atoms with E-state index in [1.165, 1.54) is 33.1 Å². The number of thiazole rings is 2. The Morgan fingerprint density at radius 1 is 0.296 bits per heavy atom. The van der Waals surface area contributed by atoms with Crippen LogP contribution in [-0.4, -0.2) is 35.2 Å². The minimum Gasteiger partial charge on any atom is -0.309 e. The number of nitrogens with zero attached hydrogens (tertiary/aromatic N) is 5. The molecule has 11 aromatic carbocycles. The molecule has 0 fully saturated rings. The standard InChI is InChI=1S/C71H39N5O3S2/c77-67-49-17-4-5-18-50(49)68(78)53-38-64-56(36-52(53)67)72-70(80-64)40-27-32-45(33-28-40)75-60-23-11-8-19-51(60)66-46(20-12-24-62(66)75)42-29-34-61-54(35-42)69(79)55-37-57-65(39-63(55)76(61)43-13-2-1-3-14-43)81-71(73-57)41-25-30-44(31-26-41)74-58-21-9-6-15-47(58)48-16-7-10-22-59(48)74/h1-39H. The Balaban J connectivity index is 0.756. The lowest BCUT2D eigenvalue weighted by atomic mass is 9.84. The van der Waals surface area contributed by atoms with Gasteiger partial charge in [0.05, 0.1) is 53.5 Å². The average Bonchev–Trinajstić information content (AvgIpc) is 4.52. The van der Waals surface area contributed by atoms with Gasteiger partial charge >= 0.3 is 0 Å². The molecule has 0 N–H and O–H groups in total. The van der Waals surface area contributed by atoms with Crippen LogP contribution in [0.25, 0.3) is 135 Å². The summed E-state index contributed by atoms with van der Waals surface area (Å²) in [7, 11) is 0. The van der Waals surface area contributed by atoms with Gasteiger partial charge in [-0.1, -0.05) is 115 Å². The maximum atomic E-state index is 15.2. The van der Waals surface area contributed by atoms with Crippen LogP contribution in [0.3, 0.4) is 0 Å². The molecular weight excluding hydrogens is 1030 g/mol. The maximum absolute atomic E-state index is 15.2. The van der Waals surface area contributed by atoms with Gasteiger partial charge in [0.1, 0.15) is 10.0 Å². The summed E-state index contributed by atoms with van der Waals surface area (Å²) < 4.78 is 8.69. The highest BCUT2D eigenvalue weighted by Crippen LogP contribution is 2.42. The summed E-state index contributed by atoms with van der Waals surface area (Å²) in [4.78, 5) is 52.5. The molecule has 0 saturated heterocycles. The van der Waals surface area contributed by atoms with E-state index in [0.717, 1.165) is 97.1 Å². The number of carbonyl (C=O) groups is 2. The van der Waals surface area contributed by atoms with Gasteiger partial charge in [0, 0.05) is 82.8 Å². The summed E-state index contributed by atoms with van der Waals surface area (Å²) >= 11 is 3.15. The van der Waals surface area contributed by atoms with Crippen molar-refractivity contribution in [2.45, 2.75) is 0 Å². The molecule has 0 aliphatic heterocycles. The van der Waals surface area contributed by atoms with Crippen molar-refractivity contribution in [2.24, 2.45) is 0 Å². The maximum Gasteiger partial charge on any atom is 0.197 e. The number of rotatable bonds is 6. The predicted octanol–water partition coefficient (Wildman–Crippen LogP) is 17.3. The normalized spacial score (nSPS) is 12.5. The number of fused-ring (bicyclic) bond motifs is 12. The molecular formula is C71H39N5O3S2. The van der Waals surface area contributed by atoms with Crippen LogP contribution in [0.4, 0.5) is 0 Å². The largest absolute Gasteiger partial charge is 0.309 e. The number of aromatic nitrogens is 5. The van der Waals surface area contributed by atoms with Crippen molar-refractivity contribution in [3.05, 3.63) is 269 Å². The average molecular weight is 1070 g/mol. The van der Waals surface area contributed by atoms with E-state index in [9.17, 15) is 9.59 Å². The van der Waals surface area contributed by atoms with Crippen molar-refractivity contribution in [3.8, 4) is 49.3 Å². The third kappa shape index (κ3) is 6.78.